The van der Waals surface area contributed by atoms with Gasteiger partial charge in [0, 0.05) is 30.1 Å². The van der Waals surface area contributed by atoms with Crippen molar-refractivity contribution in [3.63, 3.8) is 0 Å². The summed E-state index contributed by atoms with van der Waals surface area (Å²) >= 11 is 1.60. The van der Waals surface area contributed by atoms with Gasteiger partial charge in [-0.25, -0.2) is 0 Å². The molecule has 0 aliphatic rings. The molecule has 3 aromatic heterocycles. The van der Waals surface area contributed by atoms with Crippen LogP contribution in [-0.4, -0.2) is 41.1 Å². The van der Waals surface area contributed by atoms with Gasteiger partial charge in [-0.1, -0.05) is 35.1 Å². The van der Waals surface area contributed by atoms with Crippen LogP contribution in [0.5, 0.6) is 0 Å². The lowest BCUT2D eigenvalue weighted by atomic mass is 10.2. The first-order chi connectivity index (χ1) is 12.9. The predicted molar refractivity (Wildman–Crippen MR) is 95.7 cm³/mol. The number of aromatic nitrogens is 7. The van der Waals surface area contributed by atoms with E-state index in [0.29, 0.717) is 18.1 Å². The maximum atomic E-state index is 5.31. The Hall–Kier alpha value is -3.07. The molecule has 0 aliphatic carbocycles. The molecule has 4 rings (SSSR count). The van der Waals surface area contributed by atoms with E-state index in [1.54, 1.807) is 28.8 Å². The summed E-state index contributed by atoms with van der Waals surface area (Å²) in [5.74, 6) is 2.06. The molecule has 0 aliphatic heterocycles. The van der Waals surface area contributed by atoms with Crippen LogP contribution in [0.25, 0.3) is 17.1 Å². The van der Waals surface area contributed by atoms with Gasteiger partial charge < -0.3 is 4.52 Å². The van der Waals surface area contributed by atoms with Crippen molar-refractivity contribution in [3.05, 3.63) is 60.7 Å². The molecule has 0 N–H and O–H groups in total. The Morgan fingerprint density at radius 2 is 1.88 bits per heavy atom. The number of benzene rings is 1. The van der Waals surface area contributed by atoms with Gasteiger partial charge in [-0.2, -0.15) is 9.67 Å². The summed E-state index contributed by atoms with van der Waals surface area (Å²) in [5.41, 5.74) is 1.84. The fourth-order valence-electron chi connectivity index (χ4n) is 2.36. The van der Waals surface area contributed by atoms with Crippen molar-refractivity contribution in [2.45, 2.75) is 18.0 Å². The highest BCUT2D eigenvalue weighted by atomic mass is 32.2. The molecule has 0 bridgehead atoms. The van der Waals surface area contributed by atoms with Crippen LogP contribution in [-0.2, 0) is 6.42 Å². The molecule has 1 aromatic carbocycles. The van der Waals surface area contributed by atoms with Crippen LogP contribution in [0.3, 0.4) is 0 Å². The topological polar surface area (TPSA) is 95.4 Å². The lowest BCUT2D eigenvalue weighted by Crippen LogP contribution is -1.99. The number of hydrogen-bond acceptors (Lipinski definition) is 8. The number of thioether (sulfide) groups is 1. The molecular weight excluding hydrogens is 350 g/mol. The van der Waals surface area contributed by atoms with Crippen LogP contribution in [0.1, 0.15) is 12.3 Å². The Labute approximate surface area is 153 Å². The van der Waals surface area contributed by atoms with Gasteiger partial charge in [-0.05, 0) is 41.1 Å². The van der Waals surface area contributed by atoms with Crippen LogP contribution in [0.2, 0.25) is 0 Å². The summed E-state index contributed by atoms with van der Waals surface area (Å²) in [4.78, 5) is 8.40. The highest BCUT2D eigenvalue weighted by Gasteiger charge is 2.10. The average Bonchev–Trinajstić information content (AvgIpc) is 3.36. The van der Waals surface area contributed by atoms with Gasteiger partial charge in [0.15, 0.2) is 0 Å². The average molecular weight is 365 g/mol. The molecule has 0 amide bonds. The second-order valence-corrected chi connectivity index (χ2v) is 6.47. The van der Waals surface area contributed by atoms with Gasteiger partial charge in [0.1, 0.15) is 0 Å². The third kappa shape index (κ3) is 3.77. The second-order valence-electron chi connectivity index (χ2n) is 5.41. The van der Waals surface area contributed by atoms with Crippen molar-refractivity contribution in [2.75, 3.05) is 5.75 Å². The molecule has 26 heavy (non-hydrogen) atoms. The molecule has 0 unspecified atom stereocenters. The van der Waals surface area contributed by atoms with Crippen LogP contribution in [0, 0.1) is 0 Å². The number of nitrogens with zero attached hydrogens (tertiary/aromatic N) is 7. The largest absolute Gasteiger partial charge is 0.339 e. The van der Waals surface area contributed by atoms with Crippen LogP contribution < -0.4 is 0 Å². The number of aryl methyl sites for hydroxylation is 1. The highest BCUT2D eigenvalue weighted by Crippen LogP contribution is 2.20. The van der Waals surface area contributed by atoms with E-state index in [1.807, 2.05) is 42.5 Å². The maximum Gasteiger partial charge on any atom is 0.226 e. The van der Waals surface area contributed by atoms with E-state index in [2.05, 4.69) is 30.7 Å². The molecular formula is C17H15N7OS. The first kappa shape index (κ1) is 16.4. The van der Waals surface area contributed by atoms with E-state index in [-0.39, 0.29) is 0 Å². The van der Waals surface area contributed by atoms with Crippen molar-refractivity contribution in [1.29, 1.82) is 0 Å². The molecule has 130 valence electrons. The SMILES string of the molecule is c1ccc(-n2nnnc2SCCCc2nc(-c3ccncc3)no2)cc1. The van der Waals surface area contributed by atoms with Crippen molar-refractivity contribution >= 4 is 11.8 Å². The smallest absolute Gasteiger partial charge is 0.226 e. The number of hydrogen-bond donors (Lipinski definition) is 0. The van der Waals surface area contributed by atoms with Gasteiger partial charge in [0.25, 0.3) is 0 Å². The molecule has 8 nitrogen and oxygen atoms in total. The van der Waals surface area contributed by atoms with E-state index in [9.17, 15) is 0 Å². The fourth-order valence-corrected chi connectivity index (χ4v) is 3.19. The predicted octanol–water partition coefficient (Wildman–Crippen LogP) is 2.83. The standard InChI is InChI=1S/C17H15N7OS/c1-2-5-14(6-3-1)24-17(20-22-23-24)26-12-4-7-15-19-16(21-25-15)13-8-10-18-11-9-13/h1-3,5-6,8-11H,4,7,12H2. The lowest BCUT2D eigenvalue weighted by molar-refractivity contribution is 0.378. The summed E-state index contributed by atoms with van der Waals surface area (Å²) < 4.78 is 7.05. The number of rotatable bonds is 7. The van der Waals surface area contributed by atoms with Gasteiger partial charge in [-0.3, -0.25) is 4.98 Å². The second kappa shape index (κ2) is 7.87. The molecule has 4 aromatic rings. The first-order valence-electron chi connectivity index (χ1n) is 8.10. The Morgan fingerprint density at radius 3 is 2.73 bits per heavy atom. The third-order valence-corrected chi connectivity index (χ3v) is 4.62. The first-order valence-corrected chi connectivity index (χ1v) is 9.08. The monoisotopic (exact) mass is 365 g/mol. The van der Waals surface area contributed by atoms with Crippen molar-refractivity contribution in [3.8, 4) is 17.1 Å². The van der Waals surface area contributed by atoms with Crippen LogP contribution in [0.15, 0.2) is 64.5 Å². The zero-order valence-electron chi connectivity index (χ0n) is 13.8. The summed E-state index contributed by atoms with van der Waals surface area (Å²) in [6, 6.07) is 13.5. The lowest BCUT2D eigenvalue weighted by Gasteiger charge is -2.03. The Kier molecular flexibility index (Phi) is 4.97. The summed E-state index contributed by atoms with van der Waals surface area (Å²) in [6.45, 7) is 0. The van der Waals surface area contributed by atoms with E-state index in [0.717, 1.165) is 28.6 Å². The minimum Gasteiger partial charge on any atom is -0.339 e. The molecule has 0 saturated heterocycles. The molecule has 0 radical (unpaired) electrons. The van der Waals surface area contributed by atoms with Gasteiger partial charge >= 0.3 is 0 Å². The number of para-hydroxylation sites is 1. The summed E-state index contributed by atoms with van der Waals surface area (Å²) in [5, 5.41) is 16.7. The molecule has 3 heterocycles. The molecule has 0 atom stereocenters. The Balaban J connectivity index is 1.32. The van der Waals surface area contributed by atoms with Crippen molar-refractivity contribution in [2.24, 2.45) is 0 Å². The molecule has 0 fully saturated rings. The Bertz CT molecular complexity index is 955. The summed E-state index contributed by atoms with van der Waals surface area (Å²) in [7, 11) is 0. The third-order valence-electron chi connectivity index (χ3n) is 3.61. The van der Waals surface area contributed by atoms with E-state index in [4.69, 9.17) is 4.52 Å². The molecule has 9 heteroatoms. The number of pyridine rings is 1. The van der Waals surface area contributed by atoms with E-state index < -0.39 is 0 Å². The summed E-state index contributed by atoms with van der Waals surface area (Å²) in [6.07, 6.45) is 5.00. The van der Waals surface area contributed by atoms with Crippen LogP contribution in [0.4, 0.5) is 0 Å². The van der Waals surface area contributed by atoms with Crippen molar-refractivity contribution < 1.29 is 4.52 Å². The number of tetrazole rings is 1. The molecule has 0 spiro atoms. The maximum absolute atomic E-state index is 5.31. The Morgan fingerprint density at radius 1 is 1.04 bits per heavy atom. The normalized spacial score (nSPS) is 10.9. The van der Waals surface area contributed by atoms with Crippen molar-refractivity contribution in [1.82, 2.24) is 35.3 Å². The zero-order valence-corrected chi connectivity index (χ0v) is 14.6. The van der Waals surface area contributed by atoms with E-state index in [1.165, 1.54) is 0 Å². The quantitative estimate of drug-likeness (QED) is 0.364. The zero-order chi connectivity index (χ0) is 17.6. The van der Waals surface area contributed by atoms with Crippen LogP contribution >= 0.6 is 11.8 Å². The van der Waals surface area contributed by atoms with Gasteiger partial charge in [-0.15, -0.1) is 5.10 Å². The van der Waals surface area contributed by atoms with E-state index >= 15 is 0 Å². The minimum absolute atomic E-state index is 0.586. The van der Waals surface area contributed by atoms with Gasteiger partial charge in [0.05, 0.1) is 5.69 Å². The fraction of sp³-hybridized carbons (Fsp3) is 0.176. The minimum atomic E-state index is 0.586. The molecule has 0 saturated carbocycles. The highest BCUT2D eigenvalue weighted by molar-refractivity contribution is 7.99. The van der Waals surface area contributed by atoms with Gasteiger partial charge in [0.2, 0.25) is 16.9 Å².